The van der Waals surface area contributed by atoms with Crippen molar-refractivity contribution in [1.29, 1.82) is 0 Å². The molecule has 1 aromatic carbocycles. The summed E-state index contributed by atoms with van der Waals surface area (Å²) < 4.78 is 0. The summed E-state index contributed by atoms with van der Waals surface area (Å²) in [6.45, 7) is 2.75. The van der Waals surface area contributed by atoms with Crippen molar-refractivity contribution in [1.82, 2.24) is 16.0 Å². The summed E-state index contributed by atoms with van der Waals surface area (Å²) in [6, 6.07) is 0.569. The van der Waals surface area contributed by atoms with Crippen LogP contribution in [0, 0.1) is 5.92 Å². The highest BCUT2D eigenvalue weighted by Gasteiger charge is 2.33. The number of phenolic OH excluding ortho intramolecular Hbond substituents is 1. The molecule has 5 atom stereocenters. The summed E-state index contributed by atoms with van der Waals surface area (Å²) >= 11 is 0. The second kappa shape index (κ2) is 13.9. The molecule has 0 aliphatic carbocycles. The Hall–Kier alpha value is -3.71. The summed E-state index contributed by atoms with van der Waals surface area (Å²) in [4.78, 5) is 60.8. The monoisotopic (exact) mass is 495 g/mol. The first-order valence-corrected chi connectivity index (χ1v) is 11.0. The molecule has 35 heavy (non-hydrogen) atoms. The molecule has 0 saturated heterocycles. The molecule has 5 unspecified atom stereocenters. The second-order valence-corrected chi connectivity index (χ2v) is 8.16. The fraction of sp³-hybridized carbons (Fsp3) is 0.500. The predicted octanol–water partition coefficient (Wildman–Crippen LogP) is -2.29. The smallest absolute Gasteiger partial charge is 0.326 e. The van der Waals surface area contributed by atoms with E-state index in [0.717, 1.165) is 0 Å². The van der Waals surface area contributed by atoms with E-state index in [0.29, 0.717) is 12.0 Å². The molecule has 0 bridgehead atoms. The number of aliphatic hydroxyl groups excluding tert-OH is 1. The van der Waals surface area contributed by atoms with Gasteiger partial charge in [0.05, 0.1) is 13.0 Å². The number of carboxylic acids is 1. The molecule has 13 nitrogen and oxygen atoms in total. The Balaban J connectivity index is 3.14. The van der Waals surface area contributed by atoms with Gasteiger partial charge >= 0.3 is 5.97 Å². The van der Waals surface area contributed by atoms with Crippen molar-refractivity contribution < 1.29 is 39.3 Å². The lowest BCUT2D eigenvalue weighted by Crippen LogP contribution is -2.59. The van der Waals surface area contributed by atoms with Gasteiger partial charge in [-0.05, 0) is 23.6 Å². The number of carboxylic acid groups (broad SMARTS) is 1. The number of hydrogen-bond acceptors (Lipinski definition) is 8. The van der Waals surface area contributed by atoms with Crippen LogP contribution in [0.25, 0.3) is 0 Å². The SMILES string of the molecule is CCC(C)C(NC(=O)C(Cc1ccc(O)cc1)NC(=O)C(N)CO)C(=O)NC(CC(N)=O)C(=O)O. The van der Waals surface area contributed by atoms with Crippen LogP contribution < -0.4 is 27.4 Å². The van der Waals surface area contributed by atoms with Crippen LogP contribution in [0.5, 0.6) is 5.75 Å². The number of rotatable bonds is 14. The van der Waals surface area contributed by atoms with E-state index in [1.807, 2.05) is 0 Å². The predicted molar refractivity (Wildman–Crippen MR) is 124 cm³/mol. The van der Waals surface area contributed by atoms with E-state index >= 15 is 0 Å². The van der Waals surface area contributed by atoms with Crippen molar-refractivity contribution in [2.75, 3.05) is 6.61 Å². The molecule has 0 spiro atoms. The van der Waals surface area contributed by atoms with Gasteiger partial charge in [-0.2, -0.15) is 0 Å². The average molecular weight is 496 g/mol. The first kappa shape index (κ1) is 29.3. The van der Waals surface area contributed by atoms with Crippen molar-refractivity contribution in [3.05, 3.63) is 29.8 Å². The highest BCUT2D eigenvalue weighted by Crippen LogP contribution is 2.13. The highest BCUT2D eigenvalue weighted by atomic mass is 16.4. The Bertz CT molecular complexity index is 908. The third-order valence-electron chi connectivity index (χ3n) is 5.36. The average Bonchev–Trinajstić information content (AvgIpc) is 2.81. The van der Waals surface area contributed by atoms with Crippen LogP contribution in [0.2, 0.25) is 0 Å². The summed E-state index contributed by atoms with van der Waals surface area (Å²) in [6.07, 6.45) is -0.249. The van der Waals surface area contributed by atoms with Crippen molar-refractivity contribution >= 4 is 29.6 Å². The fourth-order valence-corrected chi connectivity index (χ4v) is 3.06. The molecule has 1 rings (SSSR count). The summed E-state index contributed by atoms with van der Waals surface area (Å²) in [5, 5.41) is 35.1. The number of aromatic hydroxyl groups is 1. The zero-order valence-corrected chi connectivity index (χ0v) is 19.6. The Morgan fingerprint density at radius 2 is 1.51 bits per heavy atom. The van der Waals surface area contributed by atoms with Crippen LogP contribution >= 0.6 is 0 Å². The van der Waals surface area contributed by atoms with Gasteiger partial charge in [0.25, 0.3) is 0 Å². The third kappa shape index (κ3) is 9.59. The van der Waals surface area contributed by atoms with Crippen LogP contribution in [0.15, 0.2) is 24.3 Å². The topological polar surface area (TPSA) is 234 Å². The van der Waals surface area contributed by atoms with Crippen molar-refractivity contribution in [2.24, 2.45) is 17.4 Å². The van der Waals surface area contributed by atoms with E-state index in [1.54, 1.807) is 13.8 Å². The van der Waals surface area contributed by atoms with Crippen molar-refractivity contribution in [3.63, 3.8) is 0 Å². The van der Waals surface area contributed by atoms with Gasteiger partial charge in [-0.3, -0.25) is 19.2 Å². The molecule has 10 N–H and O–H groups in total. The standard InChI is InChI=1S/C22H33N5O8/c1-3-11(2)18(21(33)26-16(22(34)35)9-17(24)30)27-20(32)15(25-19(31)14(23)10-28)8-12-4-6-13(29)7-5-12/h4-7,11,14-16,18,28-29H,3,8-10,23H2,1-2H3,(H2,24,30)(H,25,31)(H,26,33)(H,27,32)(H,34,35). The zero-order valence-electron chi connectivity index (χ0n) is 19.6. The maximum absolute atomic E-state index is 13.1. The molecule has 194 valence electrons. The van der Waals surface area contributed by atoms with Crippen molar-refractivity contribution in [3.8, 4) is 5.75 Å². The Kier molecular flexibility index (Phi) is 11.6. The number of aliphatic hydroxyl groups is 1. The summed E-state index contributed by atoms with van der Waals surface area (Å²) in [7, 11) is 0. The van der Waals surface area contributed by atoms with E-state index in [4.69, 9.17) is 16.6 Å². The number of primary amides is 1. The summed E-state index contributed by atoms with van der Waals surface area (Å²) in [5.41, 5.74) is 11.2. The largest absolute Gasteiger partial charge is 0.508 e. The molecule has 0 radical (unpaired) electrons. The van der Waals surface area contributed by atoms with E-state index in [-0.39, 0.29) is 12.2 Å². The van der Waals surface area contributed by atoms with Gasteiger partial charge in [0.15, 0.2) is 0 Å². The molecule has 0 aliphatic rings. The number of phenols is 1. The first-order valence-electron chi connectivity index (χ1n) is 11.0. The highest BCUT2D eigenvalue weighted by molar-refractivity contribution is 5.95. The molecule has 0 fully saturated rings. The number of amides is 4. The van der Waals surface area contributed by atoms with Crippen LogP contribution in [0.3, 0.4) is 0 Å². The number of hydrogen-bond donors (Lipinski definition) is 8. The molecule has 0 saturated carbocycles. The molecular weight excluding hydrogens is 462 g/mol. The van der Waals surface area contributed by atoms with Gasteiger partial charge in [-0.15, -0.1) is 0 Å². The van der Waals surface area contributed by atoms with Crippen molar-refractivity contribution in [2.45, 2.75) is 57.3 Å². The normalized spacial score (nSPS) is 15.1. The van der Waals surface area contributed by atoms with E-state index in [2.05, 4.69) is 16.0 Å². The Labute approximate surface area is 202 Å². The number of nitrogens with one attached hydrogen (secondary N) is 3. The van der Waals surface area contributed by atoms with Crippen LogP contribution in [0.4, 0.5) is 0 Å². The first-order chi connectivity index (χ1) is 16.4. The maximum Gasteiger partial charge on any atom is 0.326 e. The molecule has 13 heteroatoms. The van der Waals surface area contributed by atoms with Crippen LogP contribution in [0.1, 0.15) is 32.3 Å². The minimum absolute atomic E-state index is 0.00135. The maximum atomic E-state index is 13.1. The Morgan fingerprint density at radius 1 is 0.943 bits per heavy atom. The number of carbonyl (C=O) groups is 5. The number of aliphatic carboxylic acids is 1. The van der Waals surface area contributed by atoms with E-state index in [9.17, 15) is 34.2 Å². The molecular formula is C22H33N5O8. The minimum atomic E-state index is -1.58. The second-order valence-electron chi connectivity index (χ2n) is 8.16. The van der Waals surface area contributed by atoms with Gasteiger partial charge < -0.3 is 42.7 Å². The van der Waals surface area contributed by atoms with E-state index in [1.165, 1.54) is 24.3 Å². The summed E-state index contributed by atoms with van der Waals surface area (Å²) in [5.74, 6) is -5.27. The lowest BCUT2D eigenvalue weighted by atomic mass is 9.96. The third-order valence-corrected chi connectivity index (χ3v) is 5.36. The molecule has 0 heterocycles. The van der Waals surface area contributed by atoms with Gasteiger partial charge in [0.1, 0.15) is 29.9 Å². The molecule has 0 aliphatic heterocycles. The Morgan fingerprint density at radius 3 is 2.00 bits per heavy atom. The van der Waals surface area contributed by atoms with Crippen LogP contribution in [-0.4, -0.2) is 75.7 Å². The molecule has 0 aromatic heterocycles. The van der Waals surface area contributed by atoms with Gasteiger partial charge in [0, 0.05) is 6.42 Å². The van der Waals surface area contributed by atoms with Gasteiger partial charge in [0.2, 0.25) is 23.6 Å². The molecule has 4 amide bonds. The van der Waals surface area contributed by atoms with Crippen LogP contribution in [-0.2, 0) is 30.4 Å². The fourth-order valence-electron chi connectivity index (χ4n) is 3.06. The number of benzene rings is 1. The minimum Gasteiger partial charge on any atom is -0.508 e. The number of nitrogens with two attached hydrogens (primary N) is 2. The molecule has 1 aromatic rings. The quantitative estimate of drug-likeness (QED) is 0.138. The lowest BCUT2D eigenvalue weighted by Gasteiger charge is -2.28. The van der Waals surface area contributed by atoms with E-state index < -0.39 is 72.7 Å². The zero-order chi connectivity index (χ0) is 26.7. The van der Waals surface area contributed by atoms with Gasteiger partial charge in [-0.1, -0.05) is 32.4 Å². The number of carbonyl (C=O) groups excluding carboxylic acids is 4. The lowest BCUT2D eigenvalue weighted by molar-refractivity contribution is -0.144. The van der Waals surface area contributed by atoms with Gasteiger partial charge in [-0.25, -0.2) is 4.79 Å².